The Bertz CT molecular complexity index is 875. The number of terminal acetylenes is 1. The zero-order chi connectivity index (χ0) is 15.4. The molecule has 0 unspecified atom stereocenters. The minimum Gasteiger partial charge on any atom is -0.267 e. The quantitative estimate of drug-likeness (QED) is 0.693. The minimum absolute atomic E-state index is 0.152. The fraction of sp³-hybridized carbons (Fsp3) is 0.0526. The molecule has 0 amide bonds. The topological polar surface area (TPSA) is 34.9 Å². The van der Waals surface area contributed by atoms with Gasteiger partial charge in [-0.2, -0.15) is 5.10 Å². The predicted octanol–water partition coefficient (Wildman–Crippen LogP) is 3.21. The summed E-state index contributed by atoms with van der Waals surface area (Å²) < 4.78 is 1.34. The average Bonchev–Trinajstić information content (AvgIpc) is 2.58. The minimum atomic E-state index is -0.177. The Hall–Kier alpha value is -3.12. The van der Waals surface area contributed by atoms with Gasteiger partial charge >= 0.3 is 0 Å². The van der Waals surface area contributed by atoms with Gasteiger partial charge in [0.2, 0.25) is 0 Å². The van der Waals surface area contributed by atoms with Gasteiger partial charge in [0.15, 0.2) is 0 Å². The maximum Gasteiger partial charge on any atom is 0.275 e. The average molecular weight is 286 g/mol. The number of benzene rings is 2. The van der Waals surface area contributed by atoms with E-state index in [2.05, 4.69) is 11.0 Å². The van der Waals surface area contributed by atoms with E-state index in [4.69, 9.17) is 6.42 Å². The largest absolute Gasteiger partial charge is 0.275 e. The first-order valence-electron chi connectivity index (χ1n) is 6.96. The van der Waals surface area contributed by atoms with E-state index >= 15 is 0 Å². The Morgan fingerprint density at radius 1 is 0.955 bits per heavy atom. The van der Waals surface area contributed by atoms with Crippen molar-refractivity contribution in [2.24, 2.45) is 0 Å². The summed E-state index contributed by atoms with van der Waals surface area (Å²) in [5.41, 5.74) is 2.96. The van der Waals surface area contributed by atoms with Gasteiger partial charge in [0.05, 0.1) is 11.3 Å². The van der Waals surface area contributed by atoms with Crippen LogP contribution in [-0.4, -0.2) is 9.78 Å². The zero-order valence-electron chi connectivity index (χ0n) is 11.9. The number of aromatic nitrogens is 2. The Morgan fingerprint density at radius 3 is 2.14 bits per heavy atom. The molecule has 0 saturated carbocycles. The molecular weight excluding hydrogens is 272 g/mol. The van der Waals surface area contributed by atoms with Gasteiger partial charge < -0.3 is 0 Å². The molecule has 1 heterocycles. The molecule has 0 aliphatic carbocycles. The van der Waals surface area contributed by atoms with E-state index in [9.17, 15) is 4.79 Å². The molecule has 0 radical (unpaired) electrons. The number of nitrogens with zero attached hydrogens (tertiary/aromatic N) is 2. The van der Waals surface area contributed by atoms with Crippen LogP contribution in [-0.2, 0) is 6.54 Å². The van der Waals surface area contributed by atoms with E-state index < -0.39 is 0 Å². The molecule has 0 atom stereocenters. The molecule has 0 saturated heterocycles. The first-order chi connectivity index (χ1) is 10.8. The van der Waals surface area contributed by atoms with Gasteiger partial charge in [0.1, 0.15) is 6.54 Å². The van der Waals surface area contributed by atoms with Crippen LogP contribution in [0.15, 0.2) is 71.5 Å². The molecule has 3 heteroatoms. The fourth-order valence-corrected chi connectivity index (χ4v) is 2.31. The van der Waals surface area contributed by atoms with Crippen molar-refractivity contribution >= 4 is 0 Å². The predicted molar refractivity (Wildman–Crippen MR) is 88.2 cm³/mol. The van der Waals surface area contributed by atoms with Crippen LogP contribution in [0.25, 0.3) is 22.4 Å². The summed E-state index contributed by atoms with van der Waals surface area (Å²) in [5.74, 6) is 2.48. The van der Waals surface area contributed by atoms with Crippen molar-refractivity contribution in [1.29, 1.82) is 0 Å². The molecule has 1 aromatic heterocycles. The molecule has 0 aliphatic heterocycles. The first-order valence-corrected chi connectivity index (χ1v) is 6.96. The van der Waals surface area contributed by atoms with Crippen LogP contribution < -0.4 is 5.56 Å². The molecule has 0 bridgehead atoms. The zero-order valence-corrected chi connectivity index (χ0v) is 11.9. The second-order valence-electron chi connectivity index (χ2n) is 4.84. The lowest BCUT2D eigenvalue weighted by molar-refractivity contribution is 0.669. The van der Waals surface area contributed by atoms with E-state index in [-0.39, 0.29) is 12.1 Å². The molecule has 22 heavy (non-hydrogen) atoms. The van der Waals surface area contributed by atoms with Crippen molar-refractivity contribution < 1.29 is 0 Å². The summed E-state index contributed by atoms with van der Waals surface area (Å²) in [6, 6.07) is 21.1. The second-order valence-corrected chi connectivity index (χ2v) is 4.84. The lowest BCUT2D eigenvalue weighted by atomic mass is 10.0. The molecule has 0 spiro atoms. The van der Waals surface area contributed by atoms with Gasteiger partial charge in [-0.25, -0.2) is 4.68 Å². The van der Waals surface area contributed by atoms with Gasteiger partial charge in [-0.1, -0.05) is 66.6 Å². The van der Waals surface area contributed by atoms with E-state index in [0.29, 0.717) is 5.56 Å². The van der Waals surface area contributed by atoms with Crippen molar-refractivity contribution in [3.63, 3.8) is 0 Å². The number of hydrogen-bond donors (Lipinski definition) is 0. The van der Waals surface area contributed by atoms with E-state index in [0.717, 1.165) is 16.8 Å². The van der Waals surface area contributed by atoms with E-state index in [1.54, 1.807) is 0 Å². The Balaban J connectivity index is 2.24. The SMILES string of the molecule is C#CCn1nc(-c2ccccc2)cc(-c2ccccc2)c1=O. The van der Waals surface area contributed by atoms with Crippen molar-refractivity contribution in [2.45, 2.75) is 6.54 Å². The molecule has 3 rings (SSSR count). The summed E-state index contributed by atoms with van der Waals surface area (Å²) in [6.07, 6.45) is 5.36. The molecule has 0 aliphatic rings. The monoisotopic (exact) mass is 286 g/mol. The summed E-state index contributed by atoms with van der Waals surface area (Å²) in [5, 5.41) is 4.38. The Labute approximate surface area is 128 Å². The standard InChI is InChI=1S/C19H14N2O/c1-2-13-21-19(22)17(15-9-5-3-6-10-15)14-18(20-21)16-11-7-4-8-12-16/h1,3-12,14H,13H2. The van der Waals surface area contributed by atoms with E-state index in [1.807, 2.05) is 66.7 Å². The van der Waals surface area contributed by atoms with Crippen LogP contribution in [0.4, 0.5) is 0 Å². The first kappa shape index (κ1) is 13.8. The highest BCUT2D eigenvalue weighted by Crippen LogP contribution is 2.21. The molecule has 3 aromatic rings. The Morgan fingerprint density at radius 2 is 1.55 bits per heavy atom. The van der Waals surface area contributed by atoms with Crippen molar-refractivity contribution in [2.75, 3.05) is 0 Å². The highest BCUT2D eigenvalue weighted by molar-refractivity contribution is 5.69. The Kier molecular flexibility index (Phi) is 3.84. The highest BCUT2D eigenvalue weighted by atomic mass is 16.1. The molecule has 3 nitrogen and oxygen atoms in total. The van der Waals surface area contributed by atoms with Gasteiger partial charge in [-0.3, -0.25) is 4.79 Å². The summed E-state index contributed by atoms with van der Waals surface area (Å²) in [6.45, 7) is 0.152. The van der Waals surface area contributed by atoms with Gasteiger partial charge in [-0.15, -0.1) is 6.42 Å². The molecule has 2 aromatic carbocycles. The van der Waals surface area contributed by atoms with Crippen LogP contribution in [0.5, 0.6) is 0 Å². The van der Waals surface area contributed by atoms with Crippen molar-refractivity contribution in [3.05, 3.63) is 77.1 Å². The number of hydrogen-bond acceptors (Lipinski definition) is 2. The van der Waals surface area contributed by atoms with Crippen LogP contribution in [0, 0.1) is 12.3 Å². The molecule has 106 valence electrons. The lowest BCUT2D eigenvalue weighted by Crippen LogP contribution is -2.24. The van der Waals surface area contributed by atoms with Crippen LogP contribution in [0.2, 0.25) is 0 Å². The highest BCUT2D eigenvalue weighted by Gasteiger charge is 2.11. The van der Waals surface area contributed by atoms with Crippen molar-refractivity contribution in [3.8, 4) is 34.7 Å². The maximum atomic E-state index is 12.5. The van der Waals surface area contributed by atoms with Crippen LogP contribution in [0.1, 0.15) is 0 Å². The summed E-state index contributed by atoms with van der Waals surface area (Å²) in [4.78, 5) is 12.5. The van der Waals surface area contributed by atoms with Crippen LogP contribution in [0.3, 0.4) is 0 Å². The third-order valence-electron chi connectivity index (χ3n) is 3.37. The second kappa shape index (κ2) is 6.11. The van der Waals surface area contributed by atoms with Crippen LogP contribution >= 0.6 is 0 Å². The third-order valence-corrected chi connectivity index (χ3v) is 3.37. The summed E-state index contributed by atoms with van der Waals surface area (Å²) in [7, 11) is 0. The lowest BCUT2D eigenvalue weighted by Gasteiger charge is -2.09. The number of rotatable bonds is 3. The molecule has 0 N–H and O–H groups in total. The molecule has 0 fully saturated rings. The fourth-order valence-electron chi connectivity index (χ4n) is 2.31. The maximum absolute atomic E-state index is 12.5. The smallest absolute Gasteiger partial charge is 0.267 e. The third kappa shape index (κ3) is 2.68. The van der Waals surface area contributed by atoms with Gasteiger partial charge in [-0.05, 0) is 11.6 Å². The van der Waals surface area contributed by atoms with Crippen molar-refractivity contribution in [1.82, 2.24) is 9.78 Å². The van der Waals surface area contributed by atoms with Gasteiger partial charge in [0.25, 0.3) is 5.56 Å². The molecular formula is C19H14N2O. The normalized spacial score (nSPS) is 10.1. The summed E-state index contributed by atoms with van der Waals surface area (Å²) >= 11 is 0. The van der Waals surface area contributed by atoms with E-state index in [1.165, 1.54) is 4.68 Å². The van der Waals surface area contributed by atoms with Gasteiger partial charge in [0, 0.05) is 5.56 Å².